The van der Waals surface area contributed by atoms with E-state index < -0.39 is 18.2 Å². The Balaban J connectivity index is 3.69. The van der Waals surface area contributed by atoms with Crippen molar-refractivity contribution in [2.75, 3.05) is 6.61 Å². The standard InChI is InChI=1S/C51H95NO4/c1-3-5-7-9-11-13-15-17-19-21-23-24-25-26-27-28-30-32-34-36-38-40-42-44-48(54)46-51(56)52-49(47-53)50(55)45-43-41-39-37-35-33-31-29-22-20-18-16-14-12-10-8-6-4-2/h23-24,26-27,35,37,43,45,48-50,53-55H,3-22,25,28-34,36,38-42,44,46-47H2,1-2H3,(H,52,56)/b24-23-,27-26-,37-35+,45-43+. The van der Waals surface area contributed by atoms with Gasteiger partial charge in [0.2, 0.25) is 5.91 Å². The average Bonchev–Trinajstić information content (AvgIpc) is 3.19. The van der Waals surface area contributed by atoms with Gasteiger partial charge in [0.1, 0.15) is 0 Å². The van der Waals surface area contributed by atoms with Gasteiger partial charge < -0.3 is 20.6 Å². The summed E-state index contributed by atoms with van der Waals surface area (Å²) in [4.78, 5) is 12.5. The number of rotatable bonds is 44. The van der Waals surface area contributed by atoms with E-state index in [2.05, 4.69) is 55.6 Å². The minimum Gasteiger partial charge on any atom is -0.394 e. The molecule has 0 fully saturated rings. The van der Waals surface area contributed by atoms with Gasteiger partial charge in [0, 0.05) is 0 Å². The molecule has 0 rings (SSSR count). The van der Waals surface area contributed by atoms with Crippen LogP contribution in [0.15, 0.2) is 48.6 Å². The zero-order valence-electron chi connectivity index (χ0n) is 37.3. The van der Waals surface area contributed by atoms with Crippen molar-refractivity contribution in [1.82, 2.24) is 5.32 Å². The first kappa shape index (κ1) is 54.3. The number of hydrogen-bond acceptors (Lipinski definition) is 4. The number of carbonyl (C=O) groups excluding carboxylic acids is 1. The van der Waals surface area contributed by atoms with Gasteiger partial charge in [0.25, 0.3) is 0 Å². The molecule has 5 nitrogen and oxygen atoms in total. The number of allylic oxidation sites excluding steroid dienone is 7. The van der Waals surface area contributed by atoms with Crippen molar-refractivity contribution in [1.29, 1.82) is 0 Å². The predicted octanol–water partition coefficient (Wildman–Crippen LogP) is 14.5. The quantitative estimate of drug-likeness (QED) is 0.0366. The highest BCUT2D eigenvalue weighted by molar-refractivity contribution is 5.76. The molecule has 4 N–H and O–H groups in total. The second-order valence-electron chi connectivity index (χ2n) is 16.7. The summed E-state index contributed by atoms with van der Waals surface area (Å²) < 4.78 is 0. The van der Waals surface area contributed by atoms with Crippen LogP contribution in [0.25, 0.3) is 0 Å². The fourth-order valence-corrected chi connectivity index (χ4v) is 7.33. The maximum atomic E-state index is 12.5. The average molecular weight is 786 g/mol. The molecule has 0 saturated heterocycles. The summed E-state index contributed by atoms with van der Waals surface area (Å²) in [5.74, 6) is -0.330. The molecule has 0 aromatic heterocycles. The van der Waals surface area contributed by atoms with Crippen LogP contribution in [0.2, 0.25) is 0 Å². The molecule has 0 radical (unpaired) electrons. The molecule has 0 saturated carbocycles. The van der Waals surface area contributed by atoms with E-state index in [0.717, 1.165) is 38.5 Å². The molecular weight excluding hydrogens is 691 g/mol. The van der Waals surface area contributed by atoms with E-state index in [-0.39, 0.29) is 18.9 Å². The van der Waals surface area contributed by atoms with E-state index >= 15 is 0 Å². The number of hydrogen-bond donors (Lipinski definition) is 4. The van der Waals surface area contributed by atoms with E-state index in [1.54, 1.807) is 6.08 Å². The summed E-state index contributed by atoms with van der Waals surface area (Å²) in [5, 5.41) is 33.3. The third-order valence-electron chi connectivity index (χ3n) is 11.1. The van der Waals surface area contributed by atoms with Gasteiger partial charge in [0.05, 0.1) is 31.3 Å². The number of carbonyl (C=O) groups is 1. The van der Waals surface area contributed by atoms with Crippen molar-refractivity contribution >= 4 is 5.91 Å². The van der Waals surface area contributed by atoms with Gasteiger partial charge in [-0.1, -0.05) is 223 Å². The SMILES string of the molecule is CCCCCCCCCCC/C=C\C/C=C\CCCCCCCCCC(O)CC(=O)NC(CO)C(O)/C=C/CC/C=C/CCCCCCCCCCCCCC. The Kier molecular flexibility index (Phi) is 44.6. The Bertz CT molecular complexity index is 912. The minimum absolute atomic E-state index is 0.000456. The van der Waals surface area contributed by atoms with Crippen LogP contribution in [0.3, 0.4) is 0 Å². The van der Waals surface area contributed by atoms with E-state index in [0.29, 0.717) is 6.42 Å². The molecule has 5 heteroatoms. The van der Waals surface area contributed by atoms with E-state index in [9.17, 15) is 20.1 Å². The lowest BCUT2D eigenvalue weighted by atomic mass is 10.0. The molecule has 56 heavy (non-hydrogen) atoms. The van der Waals surface area contributed by atoms with E-state index in [1.807, 2.05) is 6.08 Å². The molecule has 328 valence electrons. The Morgan fingerprint density at radius 1 is 0.464 bits per heavy atom. The largest absolute Gasteiger partial charge is 0.394 e. The fraction of sp³-hybridized carbons (Fsp3) is 0.824. The van der Waals surface area contributed by atoms with Crippen LogP contribution < -0.4 is 5.32 Å². The Morgan fingerprint density at radius 2 is 0.821 bits per heavy atom. The van der Waals surface area contributed by atoms with E-state index in [4.69, 9.17) is 0 Å². The number of amides is 1. The lowest BCUT2D eigenvalue weighted by Crippen LogP contribution is -2.45. The summed E-state index contributed by atoms with van der Waals surface area (Å²) in [6, 6.07) is -0.765. The van der Waals surface area contributed by atoms with Crippen molar-refractivity contribution in [3.63, 3.8) is 0 Å². The Hall–Kier alpha value is -1.69. The lowest BCUT2D eigenvalue weighted by Gasteiger charge is -2.21. The summed E-state index contributed by atoms with van der Waals surface area (Å²) in [5.41, 5.74) is 0. The van der Waals surface area contributed by atoms with Crippen molar-refractivity contribution in [3.05, 3.63) is 48.6 Å². The number of aliphatic hydroxyl groups excluding tert-OH is 3. The summed E-state index contributed by atoms with van der Waals surface area (Å²) in [7, 11) is 0. The minimum atomic E-state index is -0.955. The normalized spacial score (nSPS) is 13.9. The van der Waals surface area contributed by atoms with Crippen molar-refractivity contribution < 1.29 is 20.1 Å². The topological polar surface area (TPSA) is 89.8 Å². The van der Waals surface area contributed by atoms with Gasteiger partial charge in [-0.2, -0.15) is 0 Å². The third kappa shape index (κ3) is 41.9. The second kappa shape index (κ2) is 46.0. The highest BCUT2D eigenvalue weighted by Crippen LogP contribution is 2.15. The second-order valence-corrected chi connectivity index (χ2v) is 16.7. The van der Waals surface area contributed by atoms with Gasteiger partial charge in [-0.15, -0.1) is 0 Å². The van der Waals surface area contributed by atoms with Crippen molar-refractivity contribution in [2.45, 2.75) is 263 Å². The number of unbranched alkanes of at least 4 members (excludes halogenated alkanes) is 29. The lowest BCUT2D eigenvalue weighted by molar-refractivity contribution is -0.124. The zero-order chi connectivity index (χ0) is 40.8. The van der Waals surface area contributed by atoms with Crippen LogP contribution in [0.4, 0.5) is 0 Å². The van der Waals surface area contributed by atoms with Gasteiger partial charge >= 0.3 is 0 Å². The van der Waals surface area contributed by atoms with Gasteiger partial charge in [-0.3, -0.25) is 4.79 Å². The third-order valence-corrected chi connectivity index (χ3v) is 11.1. The summed E-state index contributed by atoms with van der Waals surface area (Å²) in [6.07, 6.45) is 59.8. The molecule has 0 heterocycles. The Morgan fingerprint density at radius 3 is 1.25 bits per heavy atom. The maximum absolute atomic E-state index is 12.5. The Labute approximate surface area is 348 Å². The number of nitrogens with one attached hydrogen (secondary N) is 1. The highest BCUT2D eigenvalue weighted by atomic mass is 16.3. The molecule has 1 amide bonds. The zero-order valence-corrected chi connectivity index (χ0v) is 37.3. The van der Waals surface area contributed by atoms with Crippen LogP contribution in [0.5, 0.6) is 0 Å². The van der Waals surface area contributed by atoms with Crippen LogP contribution in [0.1, 0.15) is 245 Å². The molecule has 0 bridgehead atoms. The molecule has 0 aromatic carbocycles. The molecule has 0 aromatic rings. The first-order valence-electron chi connectivity index (χ1n) is 24.4. The molecule has 3 atom stereocenters. The van der Waals surface area contributed by atoms with Crippen LogP contribution in [0, 0.1) is 0 Å². The summed E-state index contributed by atoms with van der Waals surface area (Å²) in [6.45, 7) is 4.21. The molecular formula is C51H95NO4. The van der Waals surface area contributed by atoms with Crippen molar-refractivity contribution in [2.24, 2.45) is 0 Å². The molecule has 0 aliphatic rings. The predicted molar refractivity (Wildman–Crippen MR) is 245 cm³/mol. The van der Waals surface area contributed by atoms with E-state index in [1.165, 1.54) is 180 Å². The summed E-state index contributed by atoms with van der Waals surface area (Å²) >= 11 is 0. The maximum Gasteiger partial charge on any atom is 0.222 e. The highest BCUT2D eigenvalue weighted by Gasteiger charge is 2.20. The van der Waals surface area contributed by atoms with Gasteiger partial charge in [0.15, 0.2) is 0 Å². The van der Waals surface area contributed by atoms with Gasteiger partial charge in [-0.25, -0.2) is 0 Å². The first-order valence-corrected chi connectivity index (χ1v) is 24.4. The fourth-order valence-electron chi connectivity index (χ4n) is 7.33. The van der Waals surface area contributed by atoms with Crippen LogP contribution in [-0.2, 0) is 4.79 Å². The molecule has 3 unspecified atom stereocenters. The monoisotopic (exact) mass is 786 g/mol. The van der Waals surface area contributed by atoms with Crippen molar-refractivity contribution in [3.8, 4) is 0 Å². The van der Waals surface area contributed by atoms with Crippen LogP contribution >= 0.6 is 0 Å². The molecule has 0 aliphatic heterocycles. The van der Waals surface area contributed by atoms with Crippen LogP contribution in [-0.4, -0.2) is 46.1 Å². The van der Waals surface area contributed by atoms with Gasteiger partial charge in [-0.05, 0) is 64.2 Å². The number of aliphatic hydroxyl groups is 3. The first-order chi connectivity index (χ1) is 27.5. The smallest absolute Gasteiger partial charge is 0.222 e. The molecule has 0 spiro atoms. The molecule has 0 aliphatic carbocycles.